The Labute approximate surface area is 136 Å². The van der Waals surface area contributed by atoms with Gasteiger partial charge in [-0.25, -0.2) is 0 Å². The second-order valence-corrected chi connectivity index (χ2v) is 5.40. The van der Waals surface area contributed by atoms with Crippen molar-refractivity contribution in [1.82, 2.24) is 20.3 Å². The van der Waals surface area contributed by atoms with E-state index in [9.17, 15) is 0 Å². The van der Waals surface area contributed by atoms with E-state index in [1.165, 1.54) is 0 Å². The first-order valence-corrected chi connectivity index (χ1v) is 7.38. The van der Waals surface area contributed by atoms with E-state index >= 15 is 0 Å². The number of aromatic nitrogens is 4. The van der Waals surface area contributed by atoms with Crippen LogP contribution < -0.4 is 0 Å². The third-order valence-corrected chi connectivity index (χ3v) is 3.66. The summed E-state index contributed by atoms with van der Waals surface area (Å²) in [6, 6.07) is 19.0. The Balaban J connectivity index is 1.65. The van der Waals surface area contributed by atoms with Gasteiger partial charge in [-0.05, 0) is 18.2 Å². The highest BCUT2D eigenvalue weighted by atomic mass is 35.5. The summed E-state index contributed by atoms with van der Waals surface area (Å²) in [6.07, 6.45) is 0. The molecule has 23 heavy (non-hydrogen) atoms. The molecule has 0 bridgehead atoms. The minimum atomic E-state index is 0.400. The molecule has 1 N–H and O–H groups in total. The van der Waals surface area contributed by atoms with Gasteiger partial charge in [0.1, 0.15) is 5.69 Å². The average molecular weight is 323 g/mol. The number of nitrogens with one attached hydrogen (secondary N) is 1. The SMILES string of the molecule is Clc1ccc(-c2cc(-c3nc(-c4ccccc4)no3)[nH]n2)cc1. The van der Waals surface area contributed by atoms with E-state index in [1.54, 1.807) is 0 Å². The second kappa shape index (κ2) is 5.70. The summed E-state index contributed by atoms with van der Waals surface area (Å²) in [5, 5.41) is 11.9. The molecule has 0 saturated carbocycles. The normalized spacial score (nSPS) is 10.8. The van der Waals surface area contributed by atoms with Gasteiger partial charge in [0.15, 0.2) is 0 Å². The highest BCUT2D eigenvalue weighted by Gasteiger charge is 2.13. The smallest absolute Gasteiger partial charge is 0.276 e. The Kier molecular flexibility index (Phi) is 3.40. The van der Waals surface area contributed by atoms with Crippen molar-refractivity contribution in [2.24, 2.45) is 0 Å². The molecule has 6 heteroatoms. The molecule has 0 radical (unpaired) electrons. The lowest BCUT2D eigenvalue weighted by molar-refractivity contribution is 0.431. The summed E-state index contributed by atoms with van der Waals surface area (Å²) in [5.74, 6) is 0.944. The summed E-state index contributed by atoms with van der Waals surface area (Å²) >= 11 is 5.90. The van der Waals surface area contributed by atoms with Crippen molar-refractivity contribution in [3.05, 3.63) is 65.7 Å². The van der Waals surface area contributed by atoms with Gasteiger partial charge in [0.05, 0.1) is 5.69 Å². The quantitative estimate of drug-likeness (QED) is 0.605. The van der Waals surface area contributed by atoms with Crippen molar-refractivity contribution in [1.29, 1.82) is 0 Å². The van der Waals surface area contributed by atoms with Crippen LogP contribution in [-0.4, -0.2) is 20.3 Å². The molecule has 0 aliphatic carbocycles. The number of nitrogens with zero attached hydrogens (tertiary/aromatic N) is 3. The molecule has 4 aromatic rings. The maximum absolute atomic E-state index is 5.90. The number of hydrogen-bond donors (Lipinski definition) is 1. The van der Waals surface area contributed by atoms with Crippen molar-refractivity contribution >= 4 is 11.6 Å². The van der Waals surface area contributed by atoms with Gasteiger partial charge in [0.25, 0.3) is 5.89 Å². The average Bonchev–Trinajstić information content (AvgIpc) is 3.26. The zero-order valence-corrected chi connectivity index (χ0v) is 12.7. The van der Waals surface area contributed by atoms with Gasteiger partial charge >= 0.3 is 0 Å². The van der Waals surface area contributed by atoms with E-state index in [0.29, 0.717) is 22.4 Å². The molecule has 2 aromatic carbocycles. The maximum Gasteiger partial charge on any atom is 0.276 e. The van der Waals surface area contributed by atoms with Gasteiger partial charge in [-0.3, -0.25) is 5.10 Å². The van der Waals surface area contributed by atoms with Crippen LogP contribution >= 0.6 is 11.6 Å². The number of rotatable bonds is 3. The minimum Gasteiger partial charge on any atom is -0.332 e. The van der Waals surface area contributed by atoms with Crippen LogP contribution in [-0.2, 0) is 0 Å². The third kappa shape index (κ3) is 2.74. The molecular weight excluding hydrogens is 312 g/mol. The van der Waals surface area contributed by atoms with E-state index in [4.69, 9.17) is 16.1 Å². The molecular formula is C17H11ClN4O. The Morgan fingerprint density at radius 1 is 0.913 bits per heavy atom. The number of hydrogen-bond acceptors (Lipinski definition) is 4. The molecule has 2 heterocycles. The first kappa shape index (κ1) is 13.7. The van der Waals surface area contributed by atoms with Crippen LogP contribution in [0.3, 0.4) is 0 Å². The van der Waals surface area contributed by atoms with E-state index in [2.05, 4.69) is 20.3 Å². The fraction of sp³-hybridized carbons (Fsp3) is 0. The molecule has 0 aliphatic heterocycles. The van der Waals surface area contributed by atoms with Gasteiger partial charge < -0.3 is 4.52 Å². The van der Waals surface area contributed by atoms with Gasteiger partial charge in [-0.2, -0.15) is 10.1 Å². The molecule has 0 amide bonds. The van der Waals surface area contributed by atoms with Gasteiger partial charge in [0.2, 0.25) is 5.82 Å². The van der Waals surface area contributed by atoms with Crippen LogP contribution in [0.15, 0.2) is 65.2 Å². The first-order valence-electron chi connectivity index (χ1n) is 7.00. The Morgan fingerprint density at radius 2 is 1.70 bits per heavy atom. The van der Waals surface area contributed by atoms with Crippen LogP contribution in [0.25, 0.3) is 34.2 Å². The molecule has 0 fully saturated rings. The number of H-pyrrole nitrogens is 1. The molecule has 0 spiro atoms. The molecule has 112 valence electrons. The van der Waals surface area contributed by atoms with Gasteiger partial charge in [0, 0.05) is 16.1 Å². The summed E-state index contributed by atoms with van der Waals surface area (Å²) < 4.78 is 5.32. The van der Waals surface area contributed by atoms with E-state index in [-0.39, 0.29) is 0 Å². The predicted octanol–water partition coefficient (Wildman–Crippen LogP) is 4.45. The predicted molar refractivity (Wildman–Crippen MR) is 87.8 cm³/mol. The monoisotopic (exact) mass is 322 g/mol. The summed E-state index contributed by atoms with van der Waals surface area (Å²) in [5.41, 5.74) is 3.32. The van der Waals surface area contributed by atoms with Crippen molar-refractivity contribution in [3.63, 3.8) is 0 Å². The summed E-state index contributed by atoms with van der Waals surface area (Å²) in [6.45, 7) is 0. The minimum absolute atomic E-state index is 0.400. The lowest BCUT2D eigenvalue weighted by atomic mass is 10.1. The van der Waals surface area contributed by atoms with Gasteiger partial charge in [-0.15, -0.1) is 0 Å². The molecule has 4 rings (SSSR count). The van der Waals surface area contributed by atoms with Crippen molar-refractivity contribution < 1.29 is 4.52 Å². The van der Waals surface area contributed by atoms with E-state index < -0.39 is 0 Å². The lowest BCUT2D eigenvalue weighted by Gasteiger charge is -1.94. The second-order valence-electron chi connectivity index (χ2n) is 4.96. The molecule has 0 saturated heterocycles. The number of benzene rings is 2. The van der Waals surface area contributed by atoms with Crippen molar-refractivity contribution in [3.8, 4) is 34.2 Å². The number of aromatic amines is 1. The van der Waals surface area contributed by atoms with Crippen LogP contribution in [0, 0.1) is 0 Å². The van der Waals surface area contributed by atoms with Crippen LogP contribution in [0.5, 0.6) is 0 Å². The van der Waals surface area contributed by atoms with E-state index in [0.717, 1.165) is 16.8 Å². The molecule has 5 nitrogen and oxygen atoms in total. The molecule has 2 aromatic heterocycles. The van der Waals surface area contributed by atoms with Crippen molar-refractivity contribution in [2.45, 2.75) is 0 Å². The zero-order chi connectivity index (χ0) is 15.6. The highest BCUT2D eigenvalue weighted by Crippen LogP contribution is 2.25. The maximum atomic E-state index is 5.90. The Bertz CT molecular complexity index is 929. The van der Waals surface area contributed by atoms with Gasteiger partial charge in [-0.1, -0.05) is 59.2 Å². The highest BCUT2D eigenvalue weighted by molar-refractivity contribution is 6.30. The molecule has 0 aliphatic rings. The van der Waals surface area contributed by atoms with Crippen molar-refractivity contribution in [2.75, 3.05) is 0 Å². The zero-order valence-electron chi connectivity index (χ0n) is 11.9. The van der Waals surface area contributed by atoms with Crippen LogP contribution in [0.2, 0.25) is 5.02 Å². The topological polar surface area (TPSA) is 67.6 Å². The van der Waals surface area contributed by atoms with E-state index in [1.807, 2.05) is 60.7 Å². The fourth-order valence-electron chi connectivity index (χ4n) is 2.24. The lowest BCUT2D eigenvalue weighted by Crippen LogP contribution is -1.80. The first-order chi connectivity index (χ1) is 11.3. The molecule has 0 atom stereocenters. The Morgan fingerprint density at radius 3 is 2.48 bits per heavy atom. The van der Waals surface area contributed by atoms with Crippen LogP contribution in [0.4, 0.5) is 0 Å². The third-order valence-electron chi connectivity index (χ3n) is 3.41. The summed E-state index contributed by atoms with van der Waals surface area (Å²) in [7, 11) is 0. The standard InChI is InChI=1S/C17H11ClN4O/c18-13-8-6-11(7-9-13)14-10-15(21-20-14)17-19-16(22-23-17)12-4-2-1-3-5-12/h1-10H,(H,20,21). The Hall–Kier alpha value is -2.92. The fourth-order valence-corrected chi connectivity index (χ4v) is 2.36. The molecule has 0 unspecified atom stereocenters. The summed E-state index contributed by atoms with van der Waals surface area (Å²) in [4.78, 5) is 4.40. The largest absolute Gasteiger partial charge is 0.332 e. The van der Waals surface area contributed by atoms with Crippen LogP contribution in [0.1, 0.15) is 0 Å². The number of halogens is 1.